The summed E-state index contributed by atoms with van der Waals surface area (Å²) >= 11 is 0. The van der Waals surface area contributed by atoms with Crippen LogP contribution in [0.15, 0.2) is 18.2 Å². The van der Waals surface area contributed by atoms with Crippen LogP contribution >= 0.6 is 0 Å². The second kappa shape index (κ2) is 6.57. The molecule has 1 aliphatic heterocycles. The first kappa shape index (κ1) is 13.9. The molecule has 0 aromatic heterocycles. The summed E-state index contributed by atoms with van der Waals surface area (Å²) in [7, 11) is 1.41. The average Bonchev–Trinajstić information content (AvgIpc) is 2.46. The van der Waals surface area contributed by atoms with Crippen LogP contribution in [0.5, 0.6) is 0 Å². The van der Waals surface area contributed by atoms with E-state index in [1.54, 1.807) is 6.07 Å². The average molecular weight is 262 g/mol. The van der Waals surface area contributed by atoms with Gasteiger partial charge in [0, 0.05) is 18.3 Å². The fourth-order valence-corrected chi connectivity index (χ4v) is 2.49. The molecule has 1 heterocycles. The van der Waals surface area contributed by atoms with Crippen LogP contribution in [0.3, 0.4) is 0 Å². The molecule has 0 saturated carbocycles. The molecule has 1 aromatic rings. The van der Waals surface area contributed by atoms with E-state index >= 15 is 0 Å². The lowest BCUT2D eigenvalue weighted by Crippen LogP contribution is -2.39. The van der Waals surface area contributed by atoms with Gasteiger partial charge in [-0.25, -0.2) is 4.79 Å². The smallest absolute Gasteiger partial charge is 0.338 e. The Morgan fingerprint density at radius 3 is 3.00 bits per heavy atom. The summed E-state index contributed by atoms with van der Waals surface area (Å²) in [4.78, 5) is 11.6. The number of hydrogen-bond acceptors (Lipinski definition) is 4. The van der Waals surface area contributed by atoms with E-state index < -0.39 is 0 Å². The summed E-state index contributed by atoms with van der Waals surface area (Å²) in [6, 6.07) is 6.21. The molecule has 0 amide bonds. The first-order valence-electron chi connectivity index (χ1n) is 6.87. The SMILES string of the molecule is COC(=O)c1cccc(NCC2CCCCN2)c1C. The molecule has 1 aliphatic rings. The van der Waals surface area contributed by atoms with Gasteiger partial charge in [0.15, 0.2) is 0 Å². The van der Waals surface area contributed by atoms with Gasteiger partial charge in [-0.3, -0.25) is 0 Å². The molecule has 1 atom stereocenters. The van der Waals surface area contributed by atoms with Crippen LogP contribution in [-0.4, -0.2) is 32.2 Å². The molecule has 1 saturated heterocycles. The summed E-state index contributed by atoms with van der Waals surface area (Å²) in [6.45, 7) is 3.95. The molecular weight excluding hydrogens is 240 g/mol. The van der Waals surface area contributed by atoms with Crippen molar-refractivity contribution in [2.75, 3.05) is 25.5 Å². The van der Waals surface area contributed by atoms with Crippen LogP contribution in [0, 0.1) is 6.92 Å². The molecule has 0 aliphatic carbocycles. The molecule has 19 heavy (non-hydrogen) atoms. The van der Waals surface area contributed by atoms with Crippen LogP contribution in [0.25, 0.3) is 0 Å². The van der Waals surface area contributed by atoms with E-state index in [-0.39, 0.29) is 5.97 Å². The molecule has 1 fully saturated rings. The third-order valence-electron chi connectivity index (χ3n) is 3.69. The Morgan fingerprint density at radius 1 is 1.47 bits per heavy atom. The molecular formula is C15H22N2O2. The first-order valence-corrected chi connectivity index (χ1v) is 6.87. The van der Waals surface area contributed by atoms with E-state index in [0.717, 1.165) is 24.3 Å². The van der Waals surface area contributed by atoms with Crippen molar-refractivity contribution in [2.45, 2.75) is 32.2 Å². The molecule has 4 nitrogen and oxygen atoms in total. The van der Waals surface area contributed by atoms with Crippen LogP contribution < -0.4 is 10.6 Å². The minimum absolute atomic E-state index is 0.281. The minimum atomic E-state index is -0.281. The van der Waals surface area contributed by atoms with Crippen molar-refractivity contribution in [2.24, 2.45) is 0 Å². The molecule has 2 N–H and O–H groups in total. The van der Waals surface area contributed by atoms with Crippen LogP contribution in [0.2, 0.25) is 0 Å². The number of anilines is 1. The maximum atomic E-state index is 11.6. The summed E-state index contributed by atoms with van der Waals surface area (Å²) < 4.78 is 4.79. The maximum absolute atomic E-state index is 11.6. The number of hydrogen-bond donors (Lipinski definition) is 2. The standard InChI is InChI=1S/C15H22N2O2/c1-11-13(15(18)19-2)7-5-8-14(11)17-10-12-6-3-4-9-16-12/h5,7-8,12,16-17H,3-4,6,9-10H2,1-2H3. The van der Waals surface area contributed by atoms with E-state index in [1.165, 1.54) is 26.4 Å². The minimum Gasteiger partial charge on any atom is -0.465 e. The van der Waals surface area contributed by atoms with E-state index in [0.29, 0.717) is 11.6 Å². The van der Waals surface area contributed by atoms with Gasteiger partial charge in [0.25, 0.3) is 0 Å². The zero-order valence-corrected chi connectivity index (χ0v) is 11.7. The molecule has 1 unspecified atom stereocenters. The van der Waals surface area contributed by atoms with Crippen LogP contribution in [0.4, 0.5) is 5.69 Å². The van der Waals surface area contributed by atoms with Gasteiger partial charge in [-0.05, 0) is 44.0 Å². The number of carbonyl (C=O) groups excluding carboxylic acids is 1. The maximum Gasteiger partial charge on any atom is 0.338 e. The molecule has 0 radical (unpaired) electrons. The molecule has 0 bridgehead atoms. The van der Waals surface area contributed by atoms with E-state index in [4.69, 9.17) is 4.74 Å². The highest BCUT2D eigenvalue weighted by molar-refractivity contribution is 5.92. The fraction of sp³-hybridized carbons (Fsp3) is 0.533. The van der Waals surface area contributed by atoms with Gasteiger partial charge in [0.1, 0.15) is 0 Å². The van der Waals surface area contributed by atoms with E-state index in [1.807, 2.05) is 19.1 Å². The van der Waals surface area contributed by atoms with Crippen molar-refractivity contribution in [3.63, 3.8) is 0 Å². The number of piperidine rings is 1. The lowest BCUT2D eigenvalue weighted by atomic mass is 10.0. The fourth-order valence-electron chi connectivity index (χ4n) is 2.49. The van der Waals surface area contributed by atoms with Gasteiger partial charge in [-0.15, -0.1) is 0 Å². The third-order valence-corrected chi connectivity index (χ3v) is 3.69. The Bertz CT molecular complexity index is 440. The zero-order chi connectivity index (χ0) is 13.7. The normalized spacial score (nSPS) is 18.9. The van der Waals surface area contributed by atoms with Gasteiger partial charge in [0.05, 0.1) is 12.7 Å². The Kier molecular flexibility index (Phi) is 4.80. The molecule has 4 heteroatoms. The molecule has 2 rings (SSSR count). The van der Waals surface area contributed by atoms with Crippen molar-refractivity contribution < 1.29 is 9.53 Å². The van der Waals surface area contributed by atoms with Crippen molar-refractivity contribution in [3.8, 4) is 0 Å². The van der Waals surface area contributed by atoms with Gasteiger partial charge in [-0.2, -0.15) is 0 Å². The molecule has 104 valence electrons. The van der Waals surface area contributed by atoms with E-state index in [2.05, 4.69) is 10.6 Å². The number of carbonyl (C=O) groups is 1. The predicted molar refractivity (Wildman–Crippen MR) is 76.6 cm³/mol. The summed E-state index contributed by atoms with van der Waals surface area (Å²) in [6.07, 6.45) is 3.77. The lowest BCUT2D eigenvalue weighted by Gasteiger charge is -2.24. The van der Waals surface area contributed by atoms with Crippen molar-refractivity contribution in [1.29, 1.82) is 0 Å². The molecule has 0 spiro atoms. The first-order chi connectivity index (χ1) is 9.22. The van der Waals surface area contributed by atoms with Crippen molar-refractivity contribution in [3.05, 3.63) is 29.3 Å². The highest BCUT2D eigenvalue weighted by Crippen LogP contribution is 2.20. The Balaban J connectivity index is 2.01. The zero-order valence-electron chi connectivity index (χ0n) is 11.7. The Morgan fingerprint density at radius 2 is 2.32 bits per heavy atom. The van der Waals surface area contributed by atoms with Crippen molar-refractivity contribution in [1.82, 2.24) is 5.32 Å². The monoisotopic (exact) mass is 262 g/mol. The predicted octanol–water partition coefficient (Wildman–Crippen LogP) is 2.34. The Hall–Kier alpha value is -1.55. The largest absolute Gasteiger partial charge is 0.465 e. The highest BCUT2D eigenvalue weighted by Gasteiger charge is 2.14. The number of methoxy groups -OCH3 is 1. The number of nitrogens with one attached hydrogen (secondary N) is 2. The number of benzene rings is 1. The number of esters is 1. The van der Waals surface area contributed by atoms with Gasteiger partial charge >= 0.3 is 5.97 Å². The van der Waals surface area contributed by atoms with Gasteiger partial charge < -0.3 is 15.4 Å². The number of rotatable bonds is 4. The quantitative estimate of drug-likeness (QED) is 0.818. The lowest BCUT2D eigenvalue weighted by molar-refractivity contribution is 0.0600. The second-order valence-electron chi connectivity index (χ2n) is 5.00. The van der Waals surface area contributed by atoms with Crippen molar-refractivity contribution >= 4 is 11.7 Å². The van der Waals surface area contributed by atoms with Crippen LogP contribution in [0.1, 0.15) is 35.2 Å². The van der Waals surface area contributed by atoms with Crippen LogP contribution in [-0.2, 0) is 4.74 Å². The number of ether oxygens (including phenoxy) is 1. The molecule has 1 aromatic carbocycles. The highest BCUT2D eigenvalue weighted by atomic mass is 16.5. The summed E-state index contributed by atoms with van der Waals surface area (Å²) in [5.74, 6) is -0.281. The van der Waals surface area contributed by atoms with Gasteiger partial charge in [-0.1, -0.05) is 12.5 Å². The van der Waals surface area contributed by atoms with E-state index in [9.17, 15) is 4.79 Å². The summed E-state index contributed by atoms with van der Waals surface area (Å²) in [5, 5.41) is 6.93. The Labute approximate surface area is 114 Å². The third kappa shape index (κ3) is 3.47. The summed E-state index contributed by atoms with van der Waals surface area (Å²) in [5.41, 5.74) is 2.59. The second-order valence-corrected chi connectivity index (χ2v) is 5.00. The topological polar surface area (TPSA) is 50.4 Å². The van der Waals surface area contributed by atoms with Gasteiger partial charge in [0.2, 0.25) is 0 Å².